The number of hydrogen-bond acceptors (Lipinski definition) is 3. The van der Waals surface area contributed by atoms with Gasteiger partial charge in [0.1, 0.15) is 5.75 Å². The molecule has 2 fully saturated rings. The molecule has 0 bridgehead atoms. The third kappa shape index (κ3) is 4.14. The molecule has 1 atom stereocenters. The molecule has 1 aliphatic heterocycles. The van der Waals surface area contributed by atoms with Crippen molar-refractivity contribution in [2.45, 2.75) is 31.6 Å². The minimum absolute atomic E-state index is 0.320. The van der Waals surface area contributed by atoms with E-state index < -0.39 is 12.8 Å². The molecule has 1 heterocycles. The van der Waals surface area contributed by atoms with E-state index in [4.69, 9.17) is 9.47 Å². The number of benzene rings is 1. The van der Waals surface area contributed by atoms with Crippen LogP contribution in [0.25, 0.3) is 0 Å². The molecule has 0 aromatic heterocycles. The van der Waals surface area contributed by atoms with Crippen molar-refractivity contribution in [1.82, 2.24) is 4.90 Å². The maximum absolute atomic E-state index is 12.4. The summed E-state index contributed by atoms with van der Waals surface area (Å²) in [5, 5.41) is 0. The Bertz CT molecular complexity index is 502. The highest BCUT2D eigenvalue weighted by Crippen LogP contribution is 2.37. The van der Waals surface area contributed by atoms with E-state index in [1.54, 1.807) is 12.1 Å². The van der Waals surface area contributed by atoms with Gasteiger partial charge in [0, 0.05) is 24.7 Å². The Labute approximate surface area is 128 Å². The van der Waals surface area contributed by atoms with Gasteiger partial charge in [-0.2, -0.15) is 13.2 Å². The van der Waals surface area contributed by atoms with Crippen molar-refractivity contribution in [2.75, 3.05) is 26.4 Å². The first kappa shape index (κ1) is 15.6. The Kier molecular flexibility index (Phi) is 4.59. The van der Waals surface area contributed by atoms with Gasteiger partial charge in [-0.1, -0.05) is 18.2 Å². The van der Waals surface area contributed by atoms with Crippen LogP contribution in [0.15, 0.2) is 24.3 Å². The van der Waals surface area contributed by atoms with Crippen LogP contribution in [0.5, 0.6) is 5.75 Å². The van der Waals surface area contributed by atoms with Crippen molar-refractivity contribution in [3.05, 3.63) is 29.8 Å². The Hall–Kier alpha value is -1.27. The van der Waals surface area contributed by atoms with Gasteiger partial charge < -0.3 is 9.47 Å². The Morgan fingerprint density at radius 3 is 2.73 bits per heavy atom. The van der Waals surface area contributed by atoms with Crippen molar-refractivity contribution in [2.24, 2.45) is 5.92 Å². The molecule has 1 aromatic carbocycles. The number of rotatable bonds is 5. The molecule has 0 radical (unpaired) electrons. The number of halogens is 3. The topological polar surface area (TPSA) is 21.7 Å². The second kappa shape index (κ2) is 6.46. The SMILES string of the molecule is FC(F)(F)COc1ccccc1CN1CCOCC1C1CC1. The van der Waals surface area contributed by atoms with E-state index in [1.165, 1.54) is 12.8 Å². The van der Waals surface area contributed by atoms with Gasteiger partial charge in [-0.05, 0) is 24.8 Å². The van der Waals surface area contributed by atoms with Crippen LogP contribution >= 0.6 is 0 Å². The standard InChI is InChI=1S/C16H20F3NO2/c17-16(18,19)11-22-15-4-2-1-3-13(15)9-20-7-8-21-10-14(20)12-5-6-12/h1-4,12,14H,5-11H2. The third-order valence-corrected chi connectivity index (χ3v) is 4.18. The number of ether oxygens (including phenoxy) is 2. The van der Waals surface area contributed by atoms with E-state index in [1.807, 2.05) is 12.1 Å². The molecule has 0 amide bonds. The highest BCUT2D eigenvalue weighted by molar-refractivity contribution is 5.33. The normalized spacial score (nSPS) is 23.5. The number of para-hydroxylation sites is 1. The molecule has 0 spiro atoms. The van der Waals surface area contributed by atoms with Crippen LogP contribution in [0, 0.1) is 5.92 Å². The molecule has 122 valence electrons. The fraction of sp³-hybridized carbons (Fsp3) is 0.625. The van der Waals surface area contributed by atoms with Crippen molar-refractivity contribution in [1.29, 1.82) is 0 Å². The third-order valence-electron chi connectivity index (χ3n) is 4.18. The van der Waals surface area contributed by atoms with E-state index >= 15 is 0 Å². The lowest BCUT2D eigenvalue weighted by Crippen LogP contribution is -2.46. The minimum Gasteiger partial charge on any atom is -0.484 e. The summed E-state index contributed by atoms with van der Waals surface area (Å²) in [6.07, 6.45) is -1.88. The first-order valence-corrected chi connectivity index (χ1v) is 7.62. The van der Waals surface area contributed by atoms with E-state index in [2.05, 4.69) is 4.90 Å². The fourth-order valence-corrected chi connectivity index (χ4v) is 2.92. The molecule has 1 aliphatic carbocycles. The Morgan fingerprint density at radius 1 is 1.23 bits per heavy atom. The monoisotopic (exact) mass is 315 g/mol. The molecule has 3 rings (SSSR count). The summed E-state index contributed by atoms with van der Waals surface area (Å²) in [6.45, 7) is 1.57. The maximum atomic E-state index is 12.4. The van der Waals surface area contributed by atoms with Gasteiger partial charge in [-0.15, -0.1) is 0 Å². The van der Waals surface area contributed by atoms with Gasteiger partial charge >= 0.3 is 6.18 Å². The van der Waals surface area contributed by atoms with Crippen LogP contribution in [-0.2, 0) is 11.3 Å². The summed E-state index contributed by atoms with van der Waals surface area (Å²) in [5.41, 5.74) is 0.805. The summed E-state index contributed by atoms with van der Waals surface area (Å²) in [6, 6.07) is 7.36. The highest BCUT2D eigenvalue weighted by atomic mass is 19.4. The molecule has 0 N–H and O–H groups in total. The zero-order valence-electron chi connectivity index (χ0n) is 12.3. The molecule has 1 saturated heterocycles. The predicted octanol–water partition coefficient (Wildman–Crippen LogP) is 3.24. The second-order valence-electron chi connectivity index (χ2n) is 5.96. The smallest absolute Gasteiger partial charge is 0.422 e. The maximum Gasteiger partial charge on any atom is 0.422 e. The molecular weight excluding hydrogens is 295 g/mol. The lowest BCUT2D eigenvalue weighted by Gasteiger charge is -2.36. The number of nitrogens with zero attached hydrogens (tertiary/aromatic N) is 1. The van der Waals surface area contributed by atoms with Crippen molar-refractivity contribution in [3.8, 4) is 5.75 Å². The Balaban J connectivity index is 1.68. The minimum atomic E-state index is -4.32. The highest BCUT2D eigenvalue weighted by Gasteiger charge is 2.37. The van der Waals surface area contributed by atoms with E-state index in [0.29, 0.717) is 30.9 Å². The summed E-state index contributed by atoms with van der Waals surface area (Å²) < 4.78 is 47.6. The summed E-state index contributed by atoms with van der Waals surface area (Å²) in [7, 11) is 0. The van der Waals surface area contributed by atoms with E-state index in [-0.39, 0.29) is 0 Å². The molecular formula is C16H20F3NO2. The average molecular weight is 315 g/mol. The van der Waals surface area contributed by atoms with Gasteiger partial charge in [-0.25, -0.2) is 0 Å². The average Bonchev–Trinajstić information content (AvgIpc) is 3.31. The summed E-state index contributed by atoms with van der Waals surface area (Å²) >= 11 is 0. The van der Waals surface area contributed by atoms with Gasteiger partial charge in [0.15, 0.2) is 6.61 Å². The molecule has 1 aromatic rings. The van der Waals surface area contributed by atoms with Gasteiger partial charge in [0.05, 0.1) is 13.2 Å². The zero-order valence-corrected chi connectivity index (χ0v) is 12.3. The quantitative estimate of drug-likeness (QED) is 0.832. The lowest BCUT2D eigenvalue weighted by molar-refractivity contribution is -0.153. The van der Waals surface area contributed by atoms with E-state index in [9.17, 15) is 13.2 Å². The fourth-order valence-electron chi connectivity index (χ4n) is 2.92. The van der Waals surface area contributed by atoms with Crippen molar-refractivity contribution < 1.29 is 22.6 Å². The van der Waals surface area contributed by atoms with Crippen molar-refractivity contribution in [3.63, 3.8) is 0 Å². The number of alkyl halides is 3. The van der Waals surface area contributed by atoms with Crippen LogP contribution in [0.1, 0.15) is 18.4 Å². The summed E-state index contributed by atoms with van der Waals surface area (Å²) in [5.74, 6) is 0.990. The van der Waals surface area contributed by atoms with Crippen LogP contribution in [0.4, 0.5) is 13.2 Å². The summed E-state index contributed by atoms with van der Waals surface area (Å²) in [4.78, 5) is 2.32. The lowest BCUT2D eigenvalue weighted by atomic mass is 10.1. The first-order chi connectivity index (χ1) is 10.5. The Morgan fingerprint density at radius 2 is 2.00 bits per heavy atom. The number of morpholine rings is 1. The van der Waals surface area contributed by atoms with Gasteiger partial charge in [-0.3, -0.25) is 4.90 Å². The van der Waals surface area contributed by atoms with E-state index in [0.717, 1.165) is 18.7 Å². The van der Waals surface area contributed by atoms with Crippen LogP contribution in [0.3, 0.4) is 0 Å². The second-order valence-corrected chi connectivity index (χ2v) is 5.96. The molecule has 2 aliphatic rings. The molecule has 22 heavy (non-hydrogen) atoms. The van der Waals surface area contributed by atoms with Crippen LogP contribution in [0.2, 0.25) is 0 Å². The van der Waals surface area contributed by atoms with Crippen LogP contribution in [-0.4, -0.2) is 43.5 Å². The predicted molar refractivity (Wildman–Crippen MR) is 75.7 cm³/mol. The van der Waals surface area contributed by atoms with Crippen LogP contribution < -0.4 is 4.74 Å². The molecule has 1 unspecified atom stereocenters. The van der Waals surface area contributed by atoms with Gasteiger partial charge in [0.2, 0.25) is 0 Å². The molecule has 1 saturated carbocycles. The molecule has 3 nitrogen and oxygen atoms in total. The number of hydrogen-bond donors (Lipinski definition) is 0. The molecule has 6 heteroatoms. The van der Waals surface area contributed by atoms with Crippen molar-refractivity contribution >= 4 is 0 Å². The first-order valence-electron chi connectivity index (χ1n) is 7.62. The van der Waals surface area contributed by atoms with Gasteiger partial charge in [0.25, 0.3) is 0 Å². The zero-order chi connectivity index (χ0) is 15.6. The largest absolute Gasteiger partial charge is 0.484 e.